The summed E-state index contributed by atoms with van der Waals surface area (Å²) < 4.78 is 10.8. The van der Waals surface area contributed by atoms with Gasteiger partial charge in [0.2, 0.25) is 0 Å². The number of ketones is 1. The third-order valence-corrected chi connectivity index (χ3v) is 2.89. The highest BCUT2D eigenvalue weighted by Gasteiger charge is 2.21. The number of rotatable bonds is 7. The molecule has 1 atom stereocenters. The van der Waals surface area contributed by atoms with Crippen molar-refractivity contribution in [2.75, 3.05) is 6.61 Å². The first kappa shape index (κ1) is 15.0. The van der Waals surface area contributed by atoms with E-state index in [0.717, 1.165) is 12.8 Å². The number of esters is 1. The van der Waals surface area contributed by atoms with E-state index in [1.807, 2.05) is 6.92 Å². The van der Waals surface area contributed by atoms with E-state index in [-0.39, 0.29) is 23.9 Å². The average Bonchev–Trinajstić information content (AvgIpc) is 2.76. The Morgan fingerprint density at radius 1 is 1.50 bits per heavy atom. The van der Waals surface area contributed by atoms with Crippen LogP contribution in [0.5, 0.6) is 0 Å². The number of unbranched alkanes of at least 4 members (excludes halogenated alkanes) is 1. The lowest BCUT2D eigenvalue weighted by Crippen LogP contribution is -2.18. The van der Waals surface area contributed by atoms with Crippen molar-refractivity contribution < 1.29 is 18.7 Å². The van der Waals surface area contributed by atoms with E-state index in [4.69, 9.17) is 9.15 Å². The Kier molecular flexibility index (Phi) is 6.12. The fourth-order valence-corrected chi connectivity index (χ4v) is 1.68. The molecule has 0 bridgehead atoms. The van der Waals surface area contributed by atoms with Crippen LogP contribution in [0.4, 0.5) is 0 Å². The Labute approximate surface area is 115 Å². The first-order valence-electron chi connectivity index (χ1n) is 5.98. The van der Waals surface area contributed by atoms with Crippen LogP contribution in [0.25, 0.3) is 0 Å². The summed E-state index contributed by atoms with van der Waals surface area (Å²) >= 11 is 3.20. The zero-order valence-corrected chi connectivity index (χ0v) is 12.2. The van der Waals surface area contributed by atoms with Crippen LogP contribution in [-0.2, 0) is 9.53 Å². The van der Waals surface area contributed by atoms with Gasteiger partial charge < -0.3 is 9.15 Å². The highest BCUT2D eigenvalue weighted by molar-refractivity contribution is 9.10. The number of Topliss-reactive ketones (excluding diaryl/α,β-unsaturated/α-hetero) is 1. The standard InChI is InChI=1S/C13H17BrO4/c1-3-4-5-17-13(16)9(2)6-11(15)12-7-10(14)8-18-12/h7-9H,3-6H2,1-2H3. The van der Waals surface area contributed by atoms with E-state index >= 15 is 0 Å². The van der Waals surface area contributed by atoms with Crippen molar-refractivity contribution >= 4 is 27.7 Å². The molecule has 0 aromatic carbocycles. The number of carbonyl (C=O) groups is 2. The molecule has 0 fully saturated rings. The quantitative estimate of drug-likeness (QED) is 0.438. The second-order valence-corrected chi connectivity index (χ2v) is 5.09. The number of hydrogen-bond donors (Lipinski definition) is 0. The fraction of sp³-hybridized carbons (Fsp3) is 0.538. The predicted molar refractivity (Wildman–Crippen MR) is 70.4 cm³/mol. The molecule has 0 saturated heterocycles. The zero-order valence-electron chi connectivity index (χ0n) is 10.6. The average molecular weight is 317 g/mol. The normalized spacial score (nSPS) is 12.2. The molecule has 18 heavy (non-hydrogen) atoms. The lowest BCUT2D eigenvalue weighted by Gasteiger charge is -2.09. The summed E-state index contributed by atoms with van der Waals surface area (Å²) in [5.41, 5.74) is 0. The monoisotopic (exact) mass is 316 g/mol. The zero-order chi connectivity index (χ0) is 13.5. The van der Waals surface area contributed by atoms with Crippen molar-refractivity contribution in [3.05, 3.63) is 22.6 Å². The Bertz CT molecular complexity index is 411. The van der Waals surface area contributed by atoms with Crippen LogP contribution in [0.2, 0.25) is 0 Å². The summed E-state index contributed by atoms with van der Waals surface area (Å²) in [6, 6.07) is 1.59. The smallest absolute Gasteiger partial charge is 0.309 e. The van der Waals surface area contributed by atoms with E-state index < -0.39 is 5.92 Å². The first-order chi connectivity index (χ1) is 8.54. The van der Waals surface area contributed by atoms with Crippen molar-refractivity contribution in [1.29, 1.82) is 0 Å². The number of ether oxygens (including phenoxy) is 1. The molecule has 1 aromatic rings. The fourth-order valence-electron chi connectivity index (χ4n) is 1.38. The van der Waals surface area contributed by atoms with E-state index in [1.165, 1.54) is 6.26 Å². The van der Waals surface area contributed by atoms with Crippen molar-refractivity contribution in [2.24, 2.45) is 5.92 Å². The number of hydrogen-bond acceptors (Lipinski definition) is 4. The third-order valence-electron chi connectivity index (χ3n) is 2.48. The molecule has 0 radical (unpaired) electrons. The van der Waals surface area contributed by atoms with Gasteiger partial charge in [-0.15, -0.1) is 0 Å². The molecule has 0 spiro atoms. The largest absolute Gasteiger partial charge is 0.465 e. The summed E-state index contributed by atoms with van der Waals surface area (Å²) in [6.45, 7) is 4.12. The van der Waals surface area contributed by atoms with Gasteiger partial charge in [-0.1, -0.05) is 20.3 Å². The van der Waals surface area contributed by atoms with Crippen LogP contribution in [0, 0.1) is 5.92 Å². The maximum absolute atomic E-state index is 11.8. The Hall–Kier alpha value is -1.10. The lowest BCUT2D eigenvalue weighted by atomic mass is 10.0. The molecule has 0 amide bonds. The van der Waals surface area contributed by atoms with E-state index in [2.05, 4.69) is 15.9 Å². The third kappa shape index (κ3) is 4.64. The molecular weight excluding hydrogens is 300 g/mol. The lowest BCUT2D eigenvalue weighted by molar-refractivity contribution is -0.147. The van der Waals surface area contributed by atoms with Gasteiger partial charge in [-0.05, 0) is 22.4 Å². The topological polar surface area (TPSA) is 56.5 Å². The number of halogens is 1. The van der Waals surface area contributed by atoms with Crippen molar-refractivity contribution in [3.8, 4) is 0 Å². The van der Waals surface area contributed by atoms with Crippen LogP contribution in [-0.4, -0.2) is 18.4 Å². The maximum atomic E-state index is 11.8. The molecule has 0 aliphatic rings. The van der Waals surface area contributed by atoms with Crippen LogP contribution in [0.1, 0.15) is 43.7 Å². The van der Waals surface area contributed by atoms with Gasteiger partial charge in [0.15, 0.2) is 11.5 Å². The molecule has 5 heteroatoms. The van der Waals surface area contributed by atoms with Gasteiger partial charge in [0.1, 0.15) is 6.26 Å². The second kappa shape index (κ2) is 7.36. The Morgan fingerprint density at radius 3 is 2.78 bits per heavy atom. The van der Waals surface area contributed by atoms with Crippen LogP contribution in [0.15, 0.2) is 21.2 Å². The predicted octanol–water partition coefficient (Wildman–Crippen LogP) is 3.59. The number of furan rings is 1. The highest BCUT2D eigenvalue weighted by atomic mass is 79.9. The van der Waals surface area contributed by atoms with Crippen LogP contribution in [0.3, 0.4) is 0 Å². The molecule has 0 aliphatic heterocycles. The summed E-state index contributed by atoms with van der Waals surface area (Å²) in [4.78, 5) is 23.4. The van der Waals surface area contributed by atoms with Gasteiger partial charge in [0.25, 0.3) is 0 Å². The minimum atomic E-state index is -0.446. The number of carbonyl (C=O) groups excluding carboxylic acids is 2. The molecule has 1 heterocycles. The van der Waals surface area contributed by atoms with Crippen molar-refractivity contribution in [1.82, 2.24) is 0 Å². The SMILES string of the molecule is CCCCOC(=O)C(C)CC(=O)c1cc(Br)co1. The van der Waals surface area contributed by atoms with E-state index in [1.54, 1.807) is 13.0 Å². The summed E-state index contributed by atoms with van der Waals surface area (Å²) in [6.07, 6.45) is 3.36. The Morgan fingerprint density at radius 2 is 2.22 bits per heavy atom. The van der Waals surface area contributed by atoms with Gasteiger partial charge in [0.05, 0.1) is 17.0 Å². The molecule has 1 unspecified atom stereocenters. The summed E-state index contributed by atoms with van der Waals surface area (Å²) in [5, 5.41) is 0. The Balaban J connectivity index is 2.41. The summed E-state index contributed by atoms with van der Waals surface area (Å²) in [5.74, 6) is -0.712. The van der Waals surface area contributed by atoms with Crippen molar-refractivity contribution in [2.45, 2.75) is 33.1 Å². The van der Waals surface area contributed by atoms with Crippen LogP contribution < -0.4 is 0 Å². The van der Waals surface area contributed by atoms with Gasteiger partial charge in [0, 0.05) is 12.5 Å². The second-order valence-electron chi connectivity index (χ2n) is 4.18. The van der Waals surface area contributed by atoms with Gasteiger partial charge in [-0.25, -0.2) is 0 Å². The van der Waals surface area contributed by atoms with Gasteiger partial charge in [-0.2, -0.15) is 0 Å². The maximum Gasteiger partial charge on any atom is 0.309 e. The van der Waals surface area contributed by atoms with E-state index in [9.17, 15) is 9.59 Å². The van der Waals surface area contributed by atoms with Crippen molar-refractivity contribution in [3.63, 3.8) is 0 Å². The molecule has 0 saturated carbocycles. The summed E-state index contributed by atoms with van der Waals surface area (Å²) in [7, 11) is 0. The molecule has 0 aliphatic carbocycles. The molecule has 4 nitrogen and oxygen atoms in total. The molecular formula is C13H17BrO4. The minimum absolute atomic E-state index is 0.102. The molecule has 1 aromatic heterocycles. The highest BCUT2D eigenvalue weighted by Crippen LogP contribution is 2.17. The molecule has 100 valence electrons. The molecule has 1 rings (SSSR count). The first-order valence-corrected chi connectivity index (χ1v) is 6.77. The molecule has 0 N–H and O–H groups in total. The van der Waals surface area contributed by atoms with E-state index in [0.29, 0.717) is 11.1 Å². The van der Waals surface area contributed by atoms with Gasteiger partial charge in [-0.3, -0.25) is 9.59 Å². The van der Waals surface area contributed by atoms with Gasteiger partial charge >= 0.3 is 5.97 Å². The minimum Gasteiger partial charge on any atom is -0.465 e. The van der Waals surface area contributed by atoms with Crippen LogP contribution >= 0.6 is 15.9 Å².